The highest BCUT2D eigenvalue weighted by Gasteiger charge is 2.27. The molecule has 10 nitrogen and oxygen atoms in total. The van der Waals surface area contributed by atoms with Gasteiger partial charge in [0.05, 0.1) is 16.2 Å². The number of oxime groups is 1. The quantitative estimate of drug-likeness (QED) is 0.338. The molecule has 3 aromatic rings. The van der Waals surface area contributed by atoms with E-state index in [1.54, 1.807) is 6.92 Å². The number of nitrogens with zero attached hydrogens (tertiary/aromatic N) is 6. The van der Waals surface area contributed by atoms with Gasteiger partial charge < -0.3 is 14.3 Å². The van der Waals surface area contributed by atoms with Crippen LogP contribution in [0.5, 0.6) is 5.88 Å². The van der Waals surface area contributed by atoms with Gasteiger partial charge in [-0.1, -0.05) is 24.2 Å². The van der Waals surface area contributed by atoms with Crippen molar-refractivity contribution in [1.82, 2.24) is 20.1 Å². The normalized spacial score (nSPS) is 15.5. The zero-order valence-electron chi connectivity index (χ0n) is 20.9. The highest BCUT2D eigenvalue weighted by molar-refractivity contribution is 7.90. The van der Waals surface area contributed by atoms with Gasteiger partial charge in [-0.25, -0.2) is 17.8 Å². The first kappa shape index (κ1) is 25.7. The maximum atomic E-state index is 14.5. The van der Waals surface area contributed by atoms with E-state index in [2.05, 4.69) is 30.2 Å². The average molecular weight is 517 g/mol. The summed E-state index contributed by atoms with van der Waals surface area (Å²) in [6.45, 7) is 8.99. The molecule has 1 saturated heterocycles. The maximum absolute atomic E-state index is 14.5. The van der Waals surface area contributed by atoms with Crippen LogP contribution in [0.3, 0.4) is 0 Å². The van der Waals surface area contributed by atoms with Crippen LogP contribution in [0.25, 0.3) is 0 Å². The summed E-state index contributed by atoms with van der Waals surface area (Å²) < 4.78 is 43.2. The molecule has 12 heteroatoms. The molecule has 0 N–H and O–H groups in total. The molecule has 1 aliphatic heterocycles. The fraction of sp³-hybridized carbons (Fsp3) is 0.458. The topological polar surface area (TPSA) is 124 Å². The van der Waals surface area contributed by atoms with Crippen LogP contribution < -0.4 is 9.74 Å². The number of aromatic nitrogens is 4. The molecule has 0 bridgehead atoms. The smallest absolute Gasteiger partial charge is 0.256 e. The Bertz CT molecular complexity index is 1380. The van der Waals surface area contributed by atoms with Crippen molar-refractivity contribution in [3.8, 4) is 5.88 Å². The van der Waals surface area contributed by atoms with Gasteiger partial charge in [-0.05, 0) is 44.9 Å². The first-order valence-corrected chi connectivity index (χ1v) is 13.6. The molecule has 0 unspecified atom stereocenters. The molecule has 0 radical (unpaired) electrons. The van der Waals surface area contributed by atoms with Crippen molar-refractivity contribution in [2.24, 2.45) is 5.16 Å². The molecule has 1 aromatic carbocycles. The summed E-state index contributed by atoms with van der Waals surface area (Å²) in [4.78, 5) is 20.8. The number of halogens is 1. The predicted octanol–water partition coefficient (Wildman–Crippen LogP) is 4.02. The van der Waals surface area contributed by atoms with Crippen molar-refractivity contribution in [2.75, 3.05) is 24.2 Å². The van der Waals surface area contributed by atoms with Crippen LogP contribution in [0.15, 0.2) is 39.1 Å². The molecule has 0 spiro atoms. The van der Waals surface area contributed by atoms with E-state index in [0.717, 1.165) is 49.9 Å². The summed E-state index contributed by atoms with van der Waals surface area (Å²) in [5.41, 5.74) is 1.09. The van der Waals surface area contributed by atoms with Gasteiger partial charge in [-0.15, -0.1) is 0 Å². The molecule has 4 rings (SSSR count). The van der Waals surface area contributed by atoms with Crippen LogP contribution in [-0.4, -0.2) is 53.6 Å². The molecule has 1 fully saturated rings. The second-order valence-electron chi connectivity index (χ2n) is 9.22. The van der Waals surface area contributed by atoms with Crippen LogP contribution in [-0.2, 0) is 9.84 Å². The second-order valence-corrected chi connectivity index (χ2v) is 11.2. The molecule has 0 atom stereocenters. The van der Waals surface area contributed by atoms with E-state index in [4.69, 9.17) is 9.36 Å². The van der Waals surface area contributed by atoms with E-state index >= 15 is 0 Å². The van der Waals surface area contributed by atoms with Crippen molar-refractivity contribution in [3.63, 3.8) is 0 Å². The van der Waals surface area contributed by atoms with Crippen LogP contribution in [0.2, 0.25) is 0 Å². The molecule has 36 heavy (non-hydrogen) atoms. The van der Waals surface area contributed by atoms with E-state index in [9.17, 15) is 12.8 Å². The molecule has 0 amide bonds. The van der Waals surface area contributed by atoms with Gasteiger partial charge in [0.2, 0.25) is 5.89 Å². The Hall–Kier alpha value is -3.41. The highest BCUT2D eigenvalue weighted by Crippen LogP contribution is 2.32. The monoisotopic (exact) mass is 516 g/mol. The van der Waals surface area contributed by atoms with E-state index in [1.165, 1.54) is 18.5 Å². The minimum atomic E-state index is -3.51. The zero-order chi connectivity index (χ0) is 26.0. The Morgan fingerprint density at radius 2 is 1.97 bits per heavy atom. The lowest BCUT2D eigenvalue weighted by molar-refractivity contribution is 0.321. The fourth-order valence-corrected chi connectivity index (χ4v) is 4.64. The average Bonchev–Trinajstić information content (AvgIpc) is 3.33. The number of hydrogen-bond donors (Lipinski definition) is 0. The molecule has 1 aliphatic rings. The molecular formula is C24H29FN6O4S. The maximum Gasteiger partial charge on any atom is 0.256 e. The summed E-state index contributed by atoms with van der Waals surface area (Å²) >= 11 is 0. The molecular weight excluding hydrogens is 487 g/mol. The third-order valence-corrected chi connectivity index (χ3v) is 7.27. The van der Waals surface area contributed by atoms with Crippen molar-refractivity contribution in [1.29, 1.82) is 0 Å². The number of anilines is 1. The molecule has 3 heterocycles. The van der Waals surface area contributed by atoms with Crippen molar-refractivity contribution < 1.29 is 22.2 Å². The largest absolute Gasteiger partial charge is 0.356 e. The predicted molar refractivity (Wildman–Crippen MR) is 132 cm³/mol. The summed E-state index contributed by atoms with van der Waals surface area (Å²) in [6, 6.07) is 3.67. The van der Waals surface area contributed by atoms with Gasteiger partial charge in [0.1, 0.15) is 18.0 Å². The Kier molecular flexibility index (Phi) is 7.34. The molecule has 0 saturated carbocycles. The number of sulfone groups is 1. The molecule has 0 aliphatic carbocycles. The standard InChI is InChI=1S/C24H29FN6O4S/c1-14(2)21-28-24(35-30-21)17-8-10-31(11-9-17)22-15(3)23(27-13-26-22)34-29-16(4)19-7-6-18(12-20(19)25)36(5,32)33/h6-7,12-14,17H,8-11H2,1-5H3. The minimum absolute atomic E-state index is 0.100. The van der Waals surface area contributed by atoms with Crippen LogP contribution in [0, 0.1) is 12.7 Å². The summed E-state index contributed by atoms with van der Waals surface area (Å²) in [5, 5.41) is 8.09. The number of piperidine rings is 1. The third kappa shape index (κ3) is 5.53. The summed E-state index contributed by atoms with van der Waals surface area (Å²) in [7, 11) is -3.51. The van der Waals surface area contributed by atoms with E-state index in [-0.39, 0.29) is 33.9 Å². The van der Waals surface area contributed by atoms with E-state index < -0.39 is 15.7 Å². The lowest BCUT2D eigenvalue weighted by Crippen LogP contribution is -2.34. The Labute approximate surface area is 209 Å². The zero-order valence-corrected chi connectivity index (χ0v) is 21.7. The number of rotatable bonds is 7. The van der Waals surface area contributed by atoms with Gasteiger partial charge in [-0.2, -0.15) is 9.97 Å². The SMILES string of the molecule is CC(=NOc1ncnc(N2CCC(c3nc(C(C)C)no3)CC2)c1C)c1ccc(S(C)(=O)=O)cc1F. The van der Waals surface area contributed by atoms with E-state index in [1.807, 2.05) is 20.8 Å². The van der Waals surface area contributed by atoms with Gasteiger partial charge >= 0.3 is 0 Å². The van der Waals surface area contributed by atoms with Crippen LogP contribution in [0.4, 0.5) is 10.2 Å². The lowest BCUT2D eigenvalue weighted by Gasteiger charge is -2.32. The Morgan fingerprint density at radius 1 is 1.25 bits per heavy atom. The number of hydrogen-bond acceptors (Lipinski definition) is 10. The Balaban J connectivity index is 1.45. The highest BCUT2D eigenvalue weighted by atomic mass is 32.2. The van der Waals surface area contributed by atoms with Crippen LogP contribution in [0.1, 0.15) is 68.3 Å². The number of benzene rings is 1. The minimum Gasteiger partial charge on any atom is -0.356 e. The van der Waals surface area contributed by atoms with Crippen molar-refractivity contribution in [3.05, 3.63) is 53.2 Å². The van der Waals surface area contributed by atoms with Gasteiger partial charge in [0, 0.05) is 36.7 Å². The van der Waals surface area contributed by atoms with Crippen LogP contribution >= 0.6 is 0 Å². The van der Waals surface area contributed by atoms with E-state index in [0.29, 0.717) is 11.5 Å². The van der Waals surface area contributed by atoms with Gasteiger partial charge in [-0.3, -0.25) is 0 Å². The van der Waals surface area contributed by atoms with Gasteiger partial charge in [0.15, 0.2) is 15.7 Å². The first-order chi connectivity index (χ1) is 17.0. The fourth-order valence-electron chi connectivity index (χ4n) is 4.00. The summed E-state index contributed by atoms with van der Waals surface area (Å²) in [6.07, 6.45) is 4.12. The van der Waals surface area contributed by atoms with Gasteiger partial charge in [0.25, 0.3) is 5.88 Å². The first-order valence-electron chi connectivity index (χ1n) is 11.7. The molecule has 2 aromatic heterocycles. The summed E-state index contributed by atoms with van der Waals surface area (Å²) in [5.74, 6) is 2.13. The third-order valence-electron chi connectivity index (χ3n) is 6.16. The molecule has 192 valence electrons. The Morgan fingerprint density at radius 3 is 2.58 bits per heavy atom. The lowest BCUT2D eigenvalue weighted by atomic mass is 9.96. The van der Waals surface area contributed by atoms with Crippen molar-refractivity contribution in [2.45, 2.75) is 57.3 Å². The second kappa shape index (κ2) is 10.3. The van der Waals surface area contributed by atoms with Crippen molar-refractivity contribution >= 4 is 21.4 Å².